The Labute approximate surface area is 110 Å². The molecule has 2 heterocycles. The lowest BCUT2D eigenvalue weighted by atomic mass is 10.1. The molecule has 1 saturated heterocycles. The van der Waals surface area contributed by atoms with Gasteiger partial charge >= 0.3 is 0 Å². The molecule has 2 rings (SSSR count). The first-order chi connectivity index (χ1) is 8.67. The quantitative estimate of drug-likeness (QED) is 0.888. The van der Waals surface area contributed by atoms with Crippen molar-refractivity contribution in [3.05, 3.63) is 24.0 Å². The van der Waals surface area contributed by atoms with Gasteiger partial charge in [-0.05, 0) is 44.7 Å². The summed E-state index contributed by atoms with van der Waals surface area (Å²) in [5.41, 5.74) is 1.97. The third-order valence-corrected chi connectivity index (χ3v) is 4.05. The summed E-state index contributed by atoms with van der Waals surface area (Å²) in [4.78, 5) is 6.89. The zero-order valence-electron chi connectivity index (χ0n) is 11.6. The van der Waals surface area contributed by atoms with Gasteiger partial charge in [0.05, 0.1) is 23.7 Å². The van der Waals surface area contributed by atoms with E-state index in [9.17, 15) is 5.11 Å². The predicted octanol–water partition coefficient (Wildman–Crippen LogP) is 3.29. The van der Waals surface area contributed by atoms with Crippen LogP contribution in [0.2, 0.25) is 0 Å². The fourth-order valence-electron chi connectivity index (χ4n) is 2.89. The molecule has 3 heteroatoms. The molecule has 1 aromatic heterocycles. The van der Waals surface area contributed by atoms with Crippen LogP contribution in [0.25, 0.3) is 0 Å². The molecular weight excluding hydrogens is 224 g/mol. The van der Waals surface area contributed by atoms with Gasteiger partial charge in [-0.15, -0.1) is 0 Å². The first-order valence-electron chi connectivity index (χ1n) is 7.09. The Hall–Kier alpha value is -1.09. The number of nitrogens with zero attached hydrogens (tertiary/aromatic N) is 2. The average molecular weight is 248 g/mol. The zero-order valence-corrected chi connectivity index (χ0v) is 11.6. The van der Waals surface area contributed by atoms with Crippen LogP contribution in [0.4, 0.5) is 5.69 Å². The molecule has 3 atom stereocenters. The molecule has 100 valence electrons. The molecule has 1 fully saturated rings. The highest BCUT2D eigenvalue weighted by Crippen LogP contribution is 2.31. The van der Waals surface area contributed by atoms with Crippen molar-refractivity contribution in [1.29, 1.82) is 0 Å². The molecule has 1 aliphatic heterocycles. The molecule has 3 nitrogen and oxygen atoms in total. The van der Waals surface area contributed by atoms with Crippen molar-refractivity contribution in [2.75, 3.05) is 4.90 Å². The summed E-state index contributed by atoms with van der Waals surface area (Å²) in [7, 11) is 0. The van der Waals surface area contributed by atoms with Gasteiger partial charge in [0.2, 0.25) is 0 Å². The van der Waals surface area contributed by atoms with Gasteiger partial charge in [0.15, 0.2) is 0 Å². The smallest absolute Gasteiger partial charge is 0.0957 e. The van der Waals surface area contributed by atoms with Crippen LogP contribution in [0.5, 0.6) is 0 Å². The van der Waals surface area contributed by atoms with Crippen LogP contribution in [0.1, 0.15) is 58.3 Å². The van der Waals surface area contributed by atoms with Crippen LogP contribution < -0.4 is 4.90 Å². The van der Waals surface area contributed by atoms with Gasteiger partial charge in [-0.25, -0.2) is 0 Å². The number of aliphatic hydroxyl groups is 1. The van der Waals surface area contributed by atoms with Gasteiger partial charge in [-0.1, -0.05) is 13.8 Å². The molecule has 0 spiro atoms. The number of rotatable bonds is 4. The summed E-state index contributed by atoms with van der Waals surface area (Å²) >= 11 is 0. The van der Waals surface area contributed by atoms with Gasteiger partial charge in [0.1, 0.15) is 0 Å². The van der Waals surface area contributed by atoms with E-state index in [0.717, 1.165) is 5.69 Å². The summed E-state index contributed by atoms with van der Waals surface area (Å²) in [5.74, 6) is 0. The minimum atomic E-state index is -0.433. The second-order valence-corrected chi connectivity index (χ2v) is 5.26. The van der Waals surface area contributed by atoms with Crippen molar-refractivity contribution >= 4 is 5.69 Å². The molecule has 1 aromatic rings. The first-order valence-corrected chi connectivity index (χ1v) is 7.09. The predicted molar refractivity (Wildman–Crippen MR) is 74.7 cm³/mol. The maximum Gasteiger partial charge on any atom is 0.0957 e. The molecule has 0 radical (unpaired) electrons. The molecular formula is C15H24N2O. The standard InChI is InChI=1S/C15H24N2O/c1-4-12-7-6-11(3)17(12)13-8-9-14(16-10-13)15(18)5-2/h8-12,15,18H,4-7H2,1-3H3/t11?,12?,15-/m0/s1. The topological polar surface area (TPSA) is 36.4 Å². The van der Waals surface area contributed by atoms with Crippen molar-refractivity contribution < 1.29 is 5.11 Å². The Morgan fingerprint density at radius 3 is 2.72 bits per heavy atom. The lowest BCUT2D eigenvalue weighted by molar-refractivity contribution is 0.169. The summed E-state index contributed by atoms with van der Waals surface area (Å²) in [6.07, 6.45) is 5.92. The van der Waals surface area contributed by atoms with E-state index in [2.05, 4.69) is 29.8 Å². The number of aromatic nitrogens is 1. The van der Waals surface area contributed by atoms with Gasteiger partial charge in [-0.2, -0.15) is 0 Å². The van der Waals surface area contributed by atoms with E-state index in [0.29, 0.717) is 18.5 Å². The third-order valence-electron chi connectivity index (χ3n) is 4.05. The van der Waals surface area contributed by atoms with E-state index in [-0.39, 0.29) is 0 Å². The maximum atomic E-state index is 9.76. The molecule has 2 unspecified atom stereocenters. The lowest BCUT2D eigenvalue weighted by Crippen LogP contribution is -2.34. The highest BCUT2D eigenvalue weighted by atomic mass is 16.3. The van der Waals surface area contributed by atoms with Crippen LogP contribution >= 0.6 is 0 Å². The number of hydrogen-bond acceptors (Lipinski definition) is 3. The Morgan fingerprint density at radius 2 is 2.17 bits per heavy atom. The number of aliphatic hydroxyl groups excluding tert-OH is 1. The Balaban J connectivity index is 2.18. The largest absolute Gasteiger partial charge is 0.387 e. The Bertz CT molecular complexity index is 377. The Kier molecular flexibility index (Phi) is 4.23. The second-order valence-electron chi connectivity index (χ2n) is 5.26. The van der Waals surface area contributed by atoms with Crippen molar-refractivity contribution in [3.8, 4) is 0 Å². The fraction of sp³-hybridized carbons (Fsp3) is 0.667. The molecule has 0 aliphatic carbocycles. The molecule has 0 saturated carbocycles. The summed E-state index contributed by atoms with van der Waals surface area (Å²) < 4.78 is 0. The van der Waals surface area contributed by atoms with Crippen molar-refractivity contribution in [2.24, 2.45) is 0 Å². The van der Waals surface area contributed by atoms with Crippen LogP contribution in [0, 0.1) is 0 Å². The highest BCUT2D eigenvalue weighted by Gasteiger charge is 2.29. The van der Waals surface area contributed by atoms with Gasteiger partial charge in [-0.3, -0.25) is 4.98 Å². The van der Waals surface area contributed by atoms with E-state index >= 15 is 0 Å². The van der Waals surface area contributed by atoms with Crippen molar-refractivity contribution in [3.63, 3.8) is 0 Å². The fourth-order valence-corrected chi connectivity index (χ4v) is 2.89. The Morgan fingerprint density at radius 1 is 1.39 bits per heavy atom. The molecule has 0 aromatic carbocycles. The number of hydrogen-bond donors (Lipinski definition) is 1. The van der Waals surface area contributed by atoms with Crippen LogP contribution in [-0.2, 0) is 0 Å². The molecule has 1 N–H and O–H groups in total. The second kappa shape index (κ2) is 5.70. The van der Waals surface area contributed by atoms with E-state index in [1.807, 2.05) is 19.2 Å². The normalized spacial score (nSPS) is 25.4. The van der Waals surface area contributed by atoms with E-state index in [4.69, 9.17) is 0 Å². The SMILES string of the molecule is CCC1CCC(C)N1c1ccc([C@@H](O)CC)nc1. The summed E-state index contributed by atoms with van der Waals surface area (Å²) in [5, 5.41) is 9.76. The van der Waals surface area contributed by atoms with Gasteiger partial charge < -0.3 is 10.0 Å². The molecule has 0 bridgehead atoms. The summed E-state index contributed by atoms with van der Waals surface area (Å²) in [6.45, 7) is 6.50. The third kappa shape index (κ3) is 2.51. The lowest BCUT2D eigenvalue weighted by Gasteiger charge is -2.30. The highest BCUT2D eigenvalue weighted by molar-refractivity contribution is 5.48. The van der Waals surface area contributed by atoms with E-state index < -0.39 is 6.10 Å². The first kappa shape index (κ1) is 13.3. The van der Waals surface area contributed by atoms with Gasteiger partial charge in [0.25, 0.3) is 0 Å². The van der Waals surface area contributed by atoms with Crippen LogP contribution in [0.15, 0.2) is 18.3 Å². The van der Waals surface area contributed by atoms with Crippen molar-refractivity contribution in [1.82, 2.24) is 4.98 Å². The van der Waals surface area contributed by atoms with E-state index in [1.54, 1.807) is 0 Å². The number of pyridine rings is 1. The van der Waals surface area contributed by atoms with Gasteiger partial charge in [0, 0.05) is 12.1 Å². The van der Waals surface area contributed by atoms with Crippen LogP contribution in [-0.4, -0.2) is 22.2 Å². The zero-order chi connectivity index (χ0) is 13.1. The van der Waals surface area contributed by atoms with Crippen LogP contribution in [0.3, 0.4) is 0 Å². The van der Waals surface area contributed by atoms with E-state index in [1.165, 1.54) is 24.9 Å². The minimum Gasteiger partial charge on any atom is -0.387 e. The molecule has 0 amide bonds. The molecule has 1 aliphatic rings. The summed E-state index contributed by atoms with van der Waals surface area (Å²) in [6, 6.07) is 5.30. The maximum absolute atomic E-state index is 9.76. The molecule has 18 heavy (non-hydrogen) atoms. The van der Waals surface area contributed by atoms with Crippen molar-refractivity contribution in [2.45, 2.75) is 64.6 Å². The average Bonchev–Trinajstić information content (AvgIpc) is 2.79. The monoisotopic (exact) mass is 248 g/mol. The number of anilines is 1. The minimum absolute atomic E-state index is 0.433.